The summed E-state index contributed by atoms with van der Waals surface area (Å²) in [5.74, 6) is 1.08. The lowest BCUT2D eigenvalue weighted by Gasteiger charge is -2.38. The number of aromatic nitrogens is 3. The van der Waals surface area contributed by atoms with Gasteiger partial charge in [-0.1, -0.05) is 72.4 Å². The second-order valence-electron chi connectivity index (χ2n) is 7.65. The fraction of sp³-hybridized carbons (Fsp3) is 0.120. The van der Waals surface area contributed by atoms with Crippen LogP contribution in [0.4, 0.5) is 10.3 Å². The summed E-state index contributed by atoms with van der Waals surface area (Å²) in [5.41, 5.74) is 4.25. The van der Waals surface area contributed by atoms with Crippen LogP contribution in [0.1, 0.15) is 28.8 Å². The standard InChI is InChI=1S/C25H19FN4OS/c1-32-25-28-24-27-21-17-12-6-8-14-19(17)31-23(15-9-3-2-4-10-15)20(21)22(30(24)29-25)16-11-5-7-13-18(16)26/h2-14,22-23H,1H3,(H,27,28,29). The number of ether oxygens (including phenoxy) is 1. The van der Waals surface area contributed by atoms with Gasteiger partial charge in [-0.05, 0) is 30.0 Å². The Balaban J connectivity index is 1.66. The minimum Gasteiger partial charge on any atom is -0.480 e. The van der Waals surface area contributed by atoms with Gasteiger partial charge in [-0.2, -0.15) is 4.98 Å². The first kappa shape index (κ1) is 19.1. The van der Waals surface area contributed by atoms with Gasteiger partial charge in [0, 0.05) is 16.7 Å². The number of fused-ring (bicyclic) bond motifs is 3. The van der Waals surface area contributed by atoms with E-state index in [2.05, 4.69) is 10.3 Å². The lowest BCUT2D eigenvalue weighted by molar-refractivity contribution is 0.222. The maximum absolute atomic E-state index is 15.2. The van der Waals surface area contributed by atoms with Crippen molar-refractivity contribution in [2.75, 3.05) is 11.6 Å². The number of hydrogen-bond acceptors (Lipinski definition) is 5. The lowest BCUT2D eigenvalue weighted by atomic mass is 9.84. The van der Waals surface area contributed by atoms with E-state index in [4.69, 9.17) is 9.84 Å². The van der Waals surface area contributed by atoms with Gasteiger partial charge < -0.3 is 10.1 Å². The quantitative estimate of drug-likeness (QED) is 0.413. The molecule has 0 saturated heterocycles. The summed E-state index contributed by atoms with van der Waals surface area (Å²) in [6, 6.07) is 24.3. The van der Waals surface area contributed by atoms with E-state index in [1.807, 2.05) is 73.0 Å². The van der Waals surface area contributed by atoms with Crippen LogP contribution in [0.2, 0.25) is 0 Å². The van der Waals surface area contributed by atoms with Crippen molar-refractivity contribution in [1.82, 2.24) is 14.8 Å². The van der Waals surface area contributed by atoms with Crippen molar-refractivity contribution < 1.29 is 9.13 Å². The molecule has 0 amide bonds. The molecule has 0 saturated carbocycles. The number of nitrogens with one attached hydrogen (secondary N) is 1. The smallest absolute Gasteiger partial charge is 0.227 e. The van der Waals surface area contributed by atoms with E-state index >= 15 is 4.39 Å². The zero-order valence-corrected chi connectivity index (χ0v) is 18.0. The first-order valence-electron chi connectivity index (χ1n) is 10.3. The van der Waals surface area contributed by atoms with E-state index < -0.39 is 12.1 Å². The molecule has 3 heterocycles. The van der Waals surface area contributed by atoms with Crippen LogP contribution in [0.25, 0.3) is 5.70 Å². The van der Waals surface area contributed by atoms with E-state index in [0.29, 0.717) is 16.7 Å². The Morgan fingerprint density at radius 3 is 2.53 bits per heavy atom. The van der Waals surface area contributed by atoms with Crippen molar-refractivity contribution in [1.29, 1.82) is 0 Å². The molecule has 0 fully saturated rings. The molecule has 0 aliphatic carbocycles. The summed E-state index contributed by atoms with van der Waals surface area (Å²) in [6.07, 6.45) is 1.52. The predicted octanol–water partition coefficient (Wildman–Crippen LogP) is 5.70. The lowest BCUT2D eigenvalue weighted by Crippen LogP contribution is -2.32. The van der Waals surface area contributed by atoms with E-state index in [-0.39, 0.29) is 5.82 Å². The first-order chi connectivity index (χ1) is 15.7. The summed E-state index contributed by atoms with van der Waals surface area (Å²) < 4.78 is 23.5. The summed E-state index contributed by atoms with van der Waals surface area (Å²) >= 11 is 1.45. The van der Waals surface area contributed by atoms with Gasteiger partial charge in [-0.3, -0.25) is 0 Å². The fourth-order valence-electron chi connectivity index (χ4n) is 4.44. The molecule has 2 aliphatic heterocycles. The highest BCUT2D eigenvalue weighted by Gasteiger charge is 2.42. The number of rotatable bonds is 3. The van der Waals surface area contributed by atoms with Gasteiger partial charge in [0.05, 0.1) is 5.70 Å². The molecular weight excluding hydrogens is 423 g/mol. The number of benzene rings is 3. The molecule has 7 heteroatoms. The maximum atomic E-state index is 15.2. The van der Waals surface area contributed by atoms with Crippen molar-refractivity contribution in [3.63, 3.8) is 0 Å². The molecular formula is C25H19FN4OS. The summed E-state index contributed by atoms with van der Waals surface area (Å²) in [4.78, 5) is 4.64. The highest BCUT2D eigenvalue weighted by molar-refractivity contribution is 7.98. The Hall–Kier alpha value is -3.58. The zero-order valence-electron chi connectivity index (χ0n) is 17.2. The molecule has 4 aromatic rings. The van der Waals surface area contributed by atoms with Gasteiger partial charge in [0.1, 0.15) is 23.7 Å². The summed E-state index contributed by atoms with van der Waals surface area (Å²) in [6.45, 7) is 0. The third-order valence-electron chi connectivity index (χ3n) is 5.84. The van der Waals surface area contributed by atoms with Crippen LogP contribution in [0.3, 0.4) is 0 Å². The van der Waals surface area contributed by atoms with E-state index in [9.17, 15) is 0 Å². The van der Waals surface area contributed by atoms with Crippen LogP contribution >= 0.6 is 11.8 Å². The Morgan fingerprint density at radius 2 is 1.72 bits per heavy atom. The van der Waals surface area contributed by atoms with Crippen molar-refractivity contribution in [2.24, 2.45) is 0 Å². The maximum Gasteiger partial charge on any atom is 0.227 e. The molecule has 2 aliphatic rings. The molecule has 2 unspecified atom stereocenters. The molecule has 0 bridgehead atoms. The SMILES string of the molecule is CSc1nc2n(n1)C(c1ccccc1F)C1=C(N2)c2ccccc2OC1c1ccccc1. The molecule has 2 atom stereocenters. The average molecular weight is 443 g/mol. The number of para-hydroxylation sites is 1. The Bertz CT molecular complexity index is 1350. The zero-order chi connectivity index (χ0) is 21.7. The number of nitrogens with zero attached hydrogens (tertiary/aromatic N) is 3. The normalized spacial score (nSPS) is 18.8. The van der Waals surface area contributed by atoms with Crippen LogP contribution in [-0.4, -0.2) is 21.0 Å². The number of anilines is 1. The van der Waals surface area contributed by atoms with E-state index in [0.717, 1.165) is 28.1 Å². The van der Waals surface area contributed by atoms with Gasteiger partial charge in [0.25, 0.3) is 0 Å². The minimum absolute atomic E-state index is 0.288. The van der Waals surface area contributed by atoms with E-state index in [1.54, 1.807) is 10.7 Å². The Labute approximate surface area is 189 Å². The monoisotopic (exact) mass is 442 g/mol. The van der Waals surface area contributed by atoms with Crippen LogP contribution < -0.4 is 10.1 Å². The molecule has 3 aromatic carbocycles. The second-order valence-corrected chi connectivity index (χ2v) is 8.42. The highest BCUT2D eigenvalue weighted by atomic mass is 32.2. The first-order valence-corrected chi connectivity index (χ1v) is 11.5. The van der Waals surface area contributed by atoms with Gasteiger partial charge in [0.2, 0.25) is 11.1 Å². The van der Waals surface area contributed by atoms with Gasteiger partial charge in [0.15, 0.2) is 0 Å². The van der Waals surface area contributed by atoms with Crippen LogP contribution in [-0.2, 0) is 0 Å². The average Bonchev–Trinajstić information content (AvgIpc) is 3.26. The molecule has 1 aromatic heterocycles. The Morgan fingerprint density at radius 1 is 0.969 bits per heavy atom. The predicted molar refractivity (Wildman–Crippen MR) is 123 cm³/mol. The Kier molecular flexibility index (Phi) is 4.50. The van der Waals surface area contributed by atoms with Gasteiger partial charge >= 0.3 is 0 Å². The fourth-order valence-corrected chi connectivity index (χ4v) is 4.79. The van der Waals surface area contributed by atoms with Crippen LogP contribution in [0.15, 0.2) is 89.6 Å². The van der Waals surface area contributed by atoms with Crippen molar-refractivity contribution >= 4 is 23.4 Å². The molecule has 0 spiro atoms. The molecule has 0 radical (unpaired) electrons. The largest absolute Gasteiger partial charge is 0.480 e. The number of thioether (sulfide) groups is 1. The molecule has 158 valence electrons. The van der Waals surface area contributed by atoms with Crippen LogP contribution in [0, 0.1) is 5.82 Å². The highest BCUT2D eigenvalue weighted by Crippen LogP contribution is 2.51. The molecule has 1 N–H and O–H groups in total. The van der Waals surface area contributed by atoms with Crippen molar-refractivity contribution in [3.05, 3.63) is 107 Å². The molecule has 6 rings (SSSR count). The summed E-state index contributed by atoms with van der Waals surface area (Å²) in [5, 5.41) is 8.80. The molecule has 32 heavy (non-hydrogen) atoms. The second kappa shape index (κ2) is 7.53. The number of halogens is 1. The number of hydrogen-bond donors (Lipinski definition) is 1. The van der Waals surface area contributed by atoms with Crippen LogP contribution in [0.5, 0.6) is 5.75 Å². The third kappa shape index (κ3) is 2.92. The van der Waals surface area contributed by atoms with E-state index in [1.165, 1.54) is 17.8 Å². The van der Waals surface area contributed by atoms with Crippen molar-refractivity contribution in [3.8, 4) is 5.75 Å². The van der Waals surface area contributed by atoms with Gasteiger partial charge in [-0.25, -0.2) is 9.07 Å². The third-order valence-corrected chi connectivity index (χ3v) is 6.38. The topological polar surface area (TPSA) is 52.0 Å². The van der Waals surface area contributed by atoms with Crippen molar-refractivity contribution in [2.45, 2.75) is 17.3 Å². The van der Waals surface area contributed by atoms with Gasteiger partial charge in [-0.15, -0.1) is 5.10 Å². The minimum atomic E-state index is -0.505. The summed E-state index contributed by atoms with van der Waals surface area (Å²) in [7, 11) is 0. The molecule has 5 nitrogen and oxygen atoms in total.